The summed E-state index contributed by atoms with van der Waals surface area (Å²) in [6.07, 6.45) is 10.2. The molecule has 3 heterocycles. The number of aromatic nitrogens is 3. The average Bonchev–Trinajstić information content (AvgIpc) is 3.42. The van der Waals surface area contributed by atoms with Crippen LogP contribution in [0.4, 0.5) is 0 Å². The van der Waals surface area contributed by atoms with E-state index in [1.165, 1.54) is 11.1 Å². The summed E-state index contributed by atoms with van der Waals surface area (Å²) < 4.78 is 0. The molecule has 1 unspecified atom stereocenters. The van der Waals surface area contributed by atoms with E-state index in [0.717, 1.165) is 74.9 Å². The zero-order valence-corrected chi connectivity index (χ0v) is 23.0. The Hall–Kier alpha value is -3.82. The predicted molar refractivity (Wildman–Crippen MR) is 162 cm³/mol. The molecular weight excluding hydrogens is 496 g/mol. The van der Waals surface area contributed by atoms with Gasteiger partial charge < -0.3 is 26.3 Å². The summed E-state index contributed by atoms with van der Waals surface area (Å²) in [6.45, 7) is 7.96. The minimum absolute atomic E-state index is 0.353. The van der Waals surface area contributed by atoms with E-state index in [-0.39, 0.29) is 0 Å². The van der Waals surface area contributed by atoms with Crippen molar-refractivity contribution in [2.45, 2.75) is 32.2 Å². The number of rotatable bonds is 16. The van der Waals surface area contributed by atoms with Crippen molar-refractivity contribution >= 4 is 11.0 Å². The summed E-state index contributed by atoms with van der Waals surface area (Å²) in [4.78, 5) is 15.0. The van der Waals surface area contributed by atoms with Crippen LogP contribution in [0, 0.1) is 0 Å². The number of dihydropyridines is 1. The lowest BCUT2D eigenvalue weighted by Gasteiger charge is -2.24. The summed E-state index contributed by atoms with van der Waals surface area (Å²) >= 11 is 0. The van der Waals surface area contributed by atoms with Gasteiger partial charge in [0.05, 0.1) is 29.3 Å². The molecule has 5 rings (SSSR count). The van der Waals surface area contributed by atoms with Gasteiger partial charge in [-0.1, -0.05) is 54.6 Å². The van der Waals surface area contributed by atoms with Crippen LogP contribution in [0.1, 0.15) is 22.6 Å². The highest BCUT2D eigenvalue weighted by Crippen LogP contribution is 2.11. The Morgan fingerprint density at radius 2 is 1.60 bits per heavy atom. The number of aromatic amines is 1. The molecule has 0 saturated heterocycles. The van der Waals surface area contributed by atoms with E-state index in [4.69, 9.17) is 0 Å². The molecule has 5 N–H and O–H groups in total. The molecule has 0 aliphatic carbocycles. The molecule has 1 atom stereocenters. The molecule has 1 aliphatic rings. The summed E-state index contributed by atoms with van der Waals surface area (Å²) in [6, 6.07) is 23.5. The molecule has 40 heavy (non-hydrogen) atoms. The molecule has 0 bridgehead atoms. The van der Waals surface area contributed by atoms with Gasteiger partial charge in [-0.05, 0) is 47.7 Å². The largest absolute Gasteiger partial charge is 0.383 e. The molecule has 0 spiro atoms. The average molecular weight is 537 g/mol. The minimum atomic E-state index is 0.353. The van der Waals surface area contributed by atoms with Gasteiger partial charge in [-0.3, -0.25) is 9.88 Å². The monoisotopic (exact) mass is 536 g/mol. The molecule has 0 fully saturated rings. The van der Waals surface area contributed by atoms with Gasteiger partial charge in [-0.25, -0.2) is 4.98 Å². The maximum atomic E-state index is 4.65. The van der Waals surface area contributed by atoms with Gasteiger partial charge in [0.2, 0.25) is 0 Å². The fourth-order valence-electron chi connectivity index (χ4n) is 4.77. The number of pyridine rings is 1. The van der Waals surface area contributed by atoms with E-state index in [1.807, 2.05) is 48.8 Å². The Morgan fingerprint density at radius 3 is 2.40 bits per heavy atom. The number of fused-ring (bicyclic) bond motifs is 1. The summed E-state index contributed by atoms with van der Waals surface area (Å²) in [5, 5.41) is 14.0. The predicted octanol–water partition coefficient (Wildman–Crippen LogP) is 3.47. The van der Waals surface area contributed by atoms with E-state index in [1.54, 1.807) is 0 Å². The van der Waals surface area contributed by atoms with E-state index < -0.39 is 0 Å². The maximum absolute atomic E-state index is 4.65. The zero-order valence-electron chi connectivity index (χ0n) is 23.0. The molecule has 1 aliphatic heterocycles. The van der Waals surface area contributed by atoms with E-state index >= 15 is 0 Å². The van der Waals surface area contributed by atoms with E-state index in [0.29, 0.717) is 12.6 Å². The quantitative estimate of drug-likeness (QED) is 0.140. The zero-order chi connectivity index (χ0) is 27.2. The number of nitrogens with zero attached hydrogens (tertiary/aromatic N) is 3. The molecule has 2 aromatic heterocycles. The van der Waals surface area contributed by atoms with Crippen molar-refractivity contribution in [2.24, 2.45) is 0 Å². The number of H-pyrrole nitrogens is 1. The SMILES string of the molecule is C1=CNC(CNCCN(CCNCc2ccccn2)Cc2ccc(CNCc3nc4ccccc4[nH]3)cc2)C=C1. The summed E-state index contributed by atoms with van der Waals surface area (Å²) in [7, 11) is 0. The number of hydrogen-bond acceptors (Lipinski definition) is 7. The molecular formula is C32H40N8. The first kappa shape index (κ1) is 27.7. The van der Waals surface area contributed by atoms with Gasteiger partial charge >= 0.3 is 0 Å². The lowest BCUT2D eigenvalue weighted by molar-refractivity contribution is 0.263. The van der Waals surface area contributed by atoms with Gasteiger partial charge in [0.1, 0.15) is 5.82 Å². The fraction of sp³-hybridized carbons (Fsp3) is 0.312. The van der Waals surface area contributed by atoms with Crippen LogP contribution in [0.15, 0.2) is 97.4 Å². The van der Waals surface area contributed by atoms with Gasteiger partial charge in [0, 0.05) is 58.6 Å². The standard InChI is InChI=1S/C32H40N8/c1-2-10-31-30(9-1)38-32(39-31)24-35-21-26-11-13-27(14-12-26)25-40(19-17-33-22-28-7-3-5-15-36-28)20-18-34-23-29-8-4-6-16-37-29/h1-16,28,33-36H,17-25H2,(H,38,39). The first-order chi connectivity index (χ1) is 19.8. The molecule has 8 heteroatoms. The van der Waals surface area contributed by atoms with Gasteiger partial charge in [-0.2, -0.15) is 0 Å². The molecule has 4 aromatic rings. The first-order valence-electron chi connectivity index (χ1n) is 14.2. The van der Waals surface area contributed by atoms with Crippen LogP contribution in [0.2, 0.25) is 0 Å². The topological polar surface area (TPSA) is 92.9 Å². The smallest absolute Gasteiger partial charge is 0.121 e. The third kappa shape index (κ3) is 8.86. The third-order valence-corrected chi connectivity index (χ3v) is 6.96. The molecule has 0 radical (unpaired) electrons. The number of benzene rings is 2. The number of imidazole rings is 1. The van der Waals surface area contributed by atoms with Crippen molar-refractivity contribution in [3.05, 3.63) is 120 Å². The van der Waals surface area contributed by atoms with Crippen molar-refractivity contribution in [2.75, 3.05) is 32.7 Å². The summed E-state index contributed by atoms with van der Waals surface area (Å²) in [5.74, 6) is 0.963. The normalized spacial score (nSPS) is 14.7. The second-order valence-corrected chi connectivity index (χ2v) is 10.1. The van der Waals surface area contributed by atoms with E-state index in [2.05, 4.69) is 89.7 Å². The maximum Gasteiger partial charge on any atom is 0.121 e. The highest BCUT2D eigenvalue weighted by Gasteiger charge is 2.09. The lowest BCUT2D eigenvalue weighted by atomic mass is 10.1. The minimum Gasteiger partial charge on any atom is -0.383 e. The molecule has 8 nitrogen and oxygen atoms in total. The fourth-order valence-corrected chi connectivity index (χ4v) is 4.77. The summed E-state index contributed by atoms with van der Waals surface area (Å²) in [5.41, 5.74) is 5.76. The van der Waals surface area contributed by atoms with Gasteiger partial charge in [0.25, 0.3) is 0 Å². The van der Waals surface area contributed by atoms with Gasteiger partial charge in [0.15, 0.2) is 0 Å². The Labute approximate surface area is 237 Å². The number of hydrogen-bond donors (Lipinski definition) is 5. The Bertz CT molecular complexity index is 1310. The second-order valence-electron chi connectivity index (χ2n) is 10.1. The third-order valence-electron chi connectivity index (χ3n) is 6.96. The molecule has 0 saturated carbocycles. The van der Waals surface area contributed by atoms with Crippen LogP contribution in [-0.4, -0.2) is 58.6 Å². The van der Waals surface area contributed by atoms with Crippen molar-refractivity contribution in [1.82, 2.24) is 41.1 Å². The molecule has 208 valence electrons. The Kier molecular flexibility index (Phi) is 10.5. The number of allylic oxidation sites excluding steroid dienone is 2. The van der Waals surface area contributed by atoms with Crippen molar-refractivity contribution < 1.29 is 0 Å². The Balaban J connectivity index is 1.08. The van der Waals surface area contributed by atoms with Crippen molar-refractivity contribution in [3.63, 3.8) is 0 Å². The van der Waals surface area contributed by atoms with Crippen LogP contribution in [-0.2, 0) is 26.2 Å². The lowest BCUT2D eigenvalue weighted by Crippen LogP contribution is -2.40. The molecule has 0 amide bonds. The highest BCUT2D eigenvalue weighted by atomic mass is 15.2. The Morgan fingerprint density at radius 1 is 0.775 bits per heavy atom. The molecule has 2 aromatic carbocycles. The number of nitrogens with one attached hydrogen (secondary N) is 5. The number of para-hydroxylation sites is 2. The van der Waals surface area contributed by atoms with E-state index in [9.17, 15) is 0 Å². The first-order valence-corrected chi connectivity index (χ1v) is 14.2. The second kappa shape index (κ2) is 15.1. The van der Waals surface area contributed by atoms with Crippen LogP contribution in [0.3, 0.4) is 0 Å². The van der Waals surface area contributed by atoms with Gasteiger partial charge in [-0.15, -0.1) is 0 Å². The van der Waals surface area contributed by atoms with Crippen molar-refractivity contribution in [1.29, 1.82) is 0 Å². The van der Waals surface area contributed by atoms with Crippen LogP contribution >= 0.6 is 0 Å². The van der Waals surface area contributed by atoms with Crippen LogP contribution < -0.4 is 21.3 Å². The highest BCUT2D eigenvalue weighted by molar-refractivity contribution is 5.74. The van der Waals surface area contributed by atoms with Crippen molar-refractivity contribution in [3.8, 4) is 0 Å². The van der Waals surface area contributed by atoms with Crippen LogP contribution in [0.5, 0.6) is 0 Å². The van der Waals surface area contributed by atoms with Crippen LogP contribution in [0.25, 0.3) is 11.0 Å².